The summed E-state index contributed by atoms with van der Waals surface area (Å²) < 4.78 is 2.64. The van der Waals surface area contributed by atoms with Gasteiger partial charge in [0, 0.05) is 36.5 Å². The standard InChI is InChI=1S/C47H28N2S/c1-2-13-33-28(10-1)25-32-26-30(22-23-34(32)33)36-19-9-21-42-41-20-8-18-35(46(41)50-47(36)42)29-11-7-12-31(24-29)43-27-48-44-39-16-5-3-14-37(39)38-15-4-6-17-40(38)45(44)49-43/h1-24,26-27H,25H2. The van der Waals surface area contributed by atoms with Crippen molar-refractivity contribution in [1.29, 1.82) is 0 Å². The zero-order chi connectivity index (χ0) is 32.8. The molecule has 0 atom stereocenters. The second kappa shape index (κ2) is 10.7. The first kappa shape index (κ1) is 27.8. The fraction of sp³-hybridized carbons (Fsp3) is 0.0213. The molecule has 2 nitrogen and oxygen atoms in total. The van der Waals surface area contributed by atoms with E-state index in [1.165, 1.54) is 75.5 Å². The first-order valence-corrected chi connectivity index (χ1v) is 17.9. The molecule has 0 spiro atoms. The molecular formula is C47H28N2S. The Bertz CT molecular complexity index is 2990. The van der Waals surface area contributed by atoms with Crippen LogP contribution < -0.4 is 0 Å². The molecule has 0 saturated carbocycles. The van der Waals surface area contributed by atoms with E-state index in [-0.39, 0.29) is 0 Å². The van der Waals surface area contributed by atoms with E-state index in [4.69, 9.17) is 9.97 Å². The van der Waals surface area contributed by atoms with E-state index in [1.807, 2.05) is 17.5 Å². The highest BCUT2D eigenvalue weighted by Gasteiger charge is 2.20. The molecule has 0 radical (unpaired) electrons. The topological polar surface area (TPSA) is 25.8 Å². The summed E-state index contributed by atoms with van der Waals surface area (Å²) in [4.78, 5) is 10.3. The van der Waals surface area contributed by atoms with Gasteiger partial charge in [0.25, 0.3) is 0 Å². The fourth-order valence-electron chi connectivity index (χ4n) is 8.20. The van der Waals surface area contributed by atoms with Gasteiger partial charge in [-0.25, -0.2) is 4.98 Å². The lowest BCUT2D eigenvalue weighted by molar-refractivity contribution is 1.26. The Balaban J connectivity index is 1.04. The lowest BCUT2D eigenvalue weighted by Gasteiger charge is -2.11. The molecule has 0 N–H and O–H groups in total. The van der Waals surface area contributed by atoms with Crippen LogP contribution in [0, 0.1) is 0 Å². The predicted octanol–water partition coefficient (Wildman–Crippen LogP) is 12.9. The number of nitrogens with zero attached hydrogens (tertiary/aromatic N) is 2. The van der Waals surface area contributed by atoms with Crippen molar-refractivity contribution in [1.82, 2.24) is 9.97 Å². The number of hydrogen-bond acceptors (Lipinski definition) is 3. The first-order chi connectivity index (χ1) is 24.8. The van der Waals surface area contributed by atoms with Crippen LogP contribution in [0.4, 0.5) is 0 Å². The fourth-order valence-corrected chi connectivity index (χ4v) is 9.57. The molecule has 3 heteroatoms. The van der Waals surface area contributed by atoms with Crippen LogP contribution in [0.15, 0.2) is 158 Å². The summed E-state index contributed by atoms with van der Waals surface area (Å²) in [7, 11) is 0. The summed E-state index contributed by atoms with van der Waals surface area (Å²) in [5.74, 6) is 0. The Labute approximate surface area is 293 Å². The third kappa shape index (κ3) is 4.08. The van der Waals surface area contributed by atoms with Gasteiger partial charge in [0.1, 0.15) is 0 Å². The second-order valence-corrected chi connectivity index (χ2v) is 14.3. The summed E-state index contributed by atoms with van der Waals surface area (Å²) in [6.45, 7) is 0. The van der Waals surface area contributed by atoms with Crippen LogP contribution in [0.2, 0.25) is 0 Å². The lowest BCUT2D eigenvalue weighted by atomic mass is 9.97. The monoisotopic (exact) mass is 652 g/mol. The minimum Gasteiger partial charge on any atom is -0.252 e. The average molecular weight is 653 g/mol. The van der Waals surface area contributed by atoms with Gasteiger partial charge in [-0.15, -0.1) is 11.3 Å². The van der Waals surface area contributed by atoms with Crippen LogP contribution in [-0.2, 0) is 6.42 Å². The second-order valence-electron chi connectivity index (χ2n) is 13.3. The van der Waals surface area contributed by atoms with Crippen LogP contribution in [0.1, 0.15) is 11.1 Å². The molecular weight excluding hydrogens is 625 g/mol. The molecule has 2 heterocycles. The molecule has 8 aromatic carbocycles. The quantitative estimate of drug-likeness (QED) is 0.178. The van der Waals surface area contributed by atoms with Crippen LogP contribution >= 0.6 is 11.3 Å². The Kier molecular flexibility index (Phi) is 5.92. The molecule has 2 aromatic heterocycles. The highest BCUT2D eigenvalue weighted by Crippen LogP contribution is 2.46. The largest absolute Gasteiger partial charge is 0.252 e. The van der Waals surface area contributed by atoms with Crippen molar-refractivity contribution < 1.29 is 0 Å². The van der Waals surface area contributed by atoms with Gasteiger partial charge in [-0.1, -0.05) is 146 Å². The number of thiophene rings is 1. The maximum Gasteiger partial charge on any atom is 0.0979 e. The summed E-state index contributed by atoms with van der Waals surface area (Å²) >= 11 is 1.90. The molecule has 0 aliphatic heterocycles. The van der Waals surface area contributed by atoms with E-state index >= 15 is 0 Å². The van der Waals surface area contributed by atoms with E-state index in [9.17, 15) is 0 Å². The van der Waals surface area contributed by atoms with Crippen LogP contribution in [-0.4, -0.2) is 9.97 Å². The molecule has 0 unspecified atom stereocenters. The molecule has 10 aromatic rings. The highest BCUT2D eigenvalue weighted by molar-refractivity contribution is 7.26. The van der Waals surface area contributed by atoms with Crippen molar-refractivity contribution in [2.75, 3.05) is 0 Å². The van der Waals surface area contributed by atoms with E-state index in [0.717, 1.165) is 39.5 Å². The zero-order valence-corrected chi connectivity index (χ0v) is 27.8. The van der Waals surface area contributed by atoms with E-state index in [2.05, 4.69) is 152 Å². The van der Waals surface area contributed by atoms with Crippen molar-refractivity contribution in [3.05, 3.63) is 169 Å². The van der Waals surface area contributed by atoms with E-state index in [0.29, 0.717) is 0 Å². The summed E-state index contributed by atoms with van der Waals surface area (Å²) in [6.07, 6.45) is 2.93. The number of fused-ring (bicyclic) bond motifs is 12. The summed E-state index contributed by atoms with van der Waals surface area (Å²) in [6, 6.07) is 55.2. The number of aromatic nitrogens is 2. The summed E-state index contributed by atoms with van der Waals surface area (Å²) in [5.41, 5.74) is 14.4. The van der Waals surface area contributed by atoms with E-state index in [1.54, 1.807) is 0 Å². The maximum absolute atomic E-state index is 5.28. The van der Waals surface area contributed by atoms with Gasteiger partial charge in [-0.2, -0.15) is 0 Å². The van der Waals surface area contributed by atoms with E-state index < -0.39 is 0 Å². The van der Waals surface area contributed by atoms with Crippen LogP contribution in [0.25, 0.3) is 97.4 Å². The van der Waals surface area contributed by atoms with Gasteiger partial charge in [0.05, 0.1) is 22.9 Å². The normalized spacial score (nSPS) is 12.3. The predicted molar refractivity (Wildman–Crippen MR) is 212 cm³/mol. The summed E-state index contributed by atoms with van der Waals surface area (Å²) in [5, 5.41) is 7.29. The van der Waals surface area contributed by atoms with Crippen molar-refractivity contribution >= 4 is 64.1 Å². The van der Waals surface area contributed by atoms with Crippen molar-refractivity contribution in [3.63, 3.8) is 0 Å². The smallest absolute Gasteiger partial charge is 0.0979 e. The molecule has 0 amide bonds. The molecule has 0 bridgehead atoms. The van der Waals surface area contributed by atoms with Crippen molar-refractivity contribution in [3.8, 4) is 44.6 Å². The minimum atomic E-state index is 0.879. The molecule has 1 aliphatic rings. The van der Waals surface area contributed by atoms with Crippen LogP contribution in [0.5, 0.6) is 0 Å². The SMILES string of the molecule is c1cc(-c2cnc3c4ccccc4c4ccccc4c3n2)cc(-c2cccc3c2sc2c(-c4ccc5c(c4)Cc4ccccc4-5)cccc23)c1. The molecule has 1 aliphatic carbocycles. The van der Waals surface area contributed by atoms with Gasteiger partial charge < -0.3 is 0 Å². The van der Waals surface area contributed by atoms with Gasteiger partial charge >= 0.3 is 0 Å². The minimum absolute atomic E-state index is 0.879. The maximum atomic E-state index is 5.28. The number of benzene rings is 8. The van der Waals surface area contributed by atoms with Crippen molar-refractivity contribution in [2.45, 2.75) is 6.42 Å². The van der Waals surface area contributed by atoms with Gasteiger partial charge in [-0.05, 0) is 67.8 Å². The molecule has 50 heavy (non-hydrogen) atoms. The van der Waals surface area contributed by atoms with Crippen LogP contribution in [0.3, 0.4) is 0 Å². The molecule has 0 saturated heterocycles. The highest BCUT2D eigenvalue weighted by atomic mass is 32.1. The Morgan fingerprint density at radius 2 is 0.960 bits per heavy atom. The number of rotatable bonds is 3. The first-order valence-electron chi connectivity index (χ1n) is 17.1. The molecule has 232 valence electrons. The Morgan fingerprint density at radius 1 is 0.400 bits per heavy atom. The van der Waals surface area contributed by atoms with Crippen molar-refractivity contribution in [2.24, 2.45) is 0 Å². The average Bonchev–Trinajstić information content (AvgIpc) is 3.76. The number of hydrogen-bond donors (Lipinski definition) is 0. The Morgan fingerprint density at radius 3 is 1.72 bits per heavy atom. The lowest BCUT2D eigenvalue weighted by Crippen LogP contribution is -1.92. The van der Waals surface area contributed by atoms with Gasteiger partial charge in [0.15, 0.2) is 0 Å². The Hall–Kier alpha value is -6.16. The van der Waals surface area contributed by atoms with Gasteiger partial charge in [-0.3, -0.25) is 4.98 Å². The third-order valence-corrected chi connectivity index (χ3v) is 11.8. The molecule has 0 fully saturated rings. The van der Waals surface area contributed by atoms with Gasteiger partial charge in [0.2, 0.25) is 0 Å². The zero-order valence-electron chi connectivity index (χ0n) is 27.0. The molecule has 11 rings (SSSR count). The third-order valence-electron chi connectivity index (χ3n) is 10.5.